The summed E-state index contributed by atoms with van der Waals surface area (Å²) in [4.78, 5) is 14.4. The van der Waals surface area contributed by atoms with Gasteiger partial charge in [0.25, 0.3) is 5.91 Å². The van der Waals surface area contributed by atoms with Crippen molar-refractivity contribution in [1.29, 1.82) is 0 Å². The minimum absolute atomic E-state index is 0.0976. The first kappa shape index (κ1) is 19.6. The molecule has 1 aliphatic heterocycles. The van der Waals surface area contributed by atoms with Gasteiger partial charge in [-0.15, -0.1) is 0 Å². The maximum absolute atomic E-state index is 12.3. The van der Waals surface area contributed by atoms with Crippen LogP contribution in [0.4, 0.5) is 0 Å². The van der Waals surface area contributed by atoms with Gasteiger partial charge in [-0.25, -0.2) is 0 Å². The Labute approximate surface area is 168 Å². The van der Waals surface area contributed by atoms with Crippen molar-refractivity contribution in [3.63, 3.8) is 0 Å². The lowest BCUT2D eigenvalue weighted by atomic mass is 10.2. The first-order valence-electron chi connectivity index (χ1n) is 8.17. The third kappa shape index (κ3) is 4.40. The third-order valence-corrected chi connectivity index (χ3v) is 6.52. The fourth-order valence-electron chi connectivity index (χ4n) is 2.42. The highest BCUT2D eigenvalue weighted by atomic mass is 32.2. The van der Waals surface area contributed by atoms with E-state index in [0.717, 1.165) is 11.1 Å². The predicted octanol–water partition coefficient (Wildman–Crippen LogP) is 3.98. The average molecular weight is 420 g/mol. The molecular weight excluding hydrogens is 402 g/mol. The average Bonchev–Trinajstić information content (AvgIpc) is 2.89. The molecule has 0 N–H and O–H groups in total. The van der Waals surface area contributed by atoms with Gasteiger partial charge in [-0.05, 0) is 49.8 Å². The fourth-order valence-corrected chi connectivity index (χ4v) is 4.74. The van der Waals surface area contributed by atoms with Crippen LogP contribution in [-0.4, -0.2) is 30.1 Å². The number of carbonyl (C=O) groups excluding carboxylic acids is 1. The highest BCUT2D eigenvalue weighted by Crippen LogP contribution is 2.32. The molecule has 0 radical (unpaired) electrons. The van der Waals surface area contributed by atoms with Crippen LogP contribution in [0.2, 0.25) is 0 Å². The lowest BCUT2D eigenvalue weighted by molar-refractivity contribution is -0.121. The van der Waals surface area contributed by atoms with Gasteiger partial charge in [0.1, 0.15) is 15.0 Å². The summed E-state index contributed by atoms with van der Waals surface area (Å²) in [5.74, 6) is 0.0867. The summed E-state index contributed by atoms with van der Waals surface area (Å²) in [6, 6.07) is 12.9. The summed E-state index contributed by atoms with van der Waals surface area (Å²) in [5, 5.41) is 0. The first-order chi connectivity index (χ1) is 12.8. The van der Waals surface area contributed by atoms with E-state index >= 15 is 0 Å². The Morgan fingerprint density at radius 3 is 2.30 bits per heavy atom. The van der Waals surface area contributed by atoms with Gasteiger partial charge >= 0.3 is 10.1 Å². The van der Waals surface area contributed by atoms with Gasteiger partial charge in [-0.3, -0.25) is 9.69 Å². The maximum atomic E-state index is 12.3. The van der Waals surface area contributed by atoms with Crippen molar-refractivity contribution in [3.8, 4) is 5.75 Å². The number of hydrogen-bond donors (Lipinski definition) is 0. The van der Waals surface area contributed by atoms with Gasteiger partial charge < -0.3 is 4.18 Å². The molecule has 0 atom stereocenters. The summed E-state index contributed by atoms with van der Waals surface area (Å²) in [5.41, 5.74) is 1.72. The molecule has 8 heteroatoms. The second kappa shape index (κ2) is 7.84. The highest BCUT2D eigenvalue weighted by molar-refractivity contribution is 8.26. The quantitative estimate of drug-likeness (QED) is 0.415. The number of benzene rings is 2. The number of thioether (sulfide) groups is 1. The topological polar surface area (TPSA) is 63.7 Å². The molecule has 0 unspecified atom stereocenters. The number of aryl methyl sites for hydroxylation is 1. The van der Waals surface area contributed by atoms with Crippen LogP contribution in [0.5, 0.6) is 5.75 Å². The van der Waals surface area contributed by atoms with E-state index in [1.165, 1.54) is 28.8 Å². The molecule has 1 saturated heterocycles. The first-order valence-corrected chi connectivity index (χ1v) is 10.8. The molecule has 1 fully saturated rings. The lowest BCUT2D eigenvalue weighted by Gasteiger charge is -2.09. The Morgan fingerprint density at radius 1 is 1.11 bits per heavy atom. The third-order valence-electron chi connectivity index (χ3n) is 3.88. The molecule has 2 aromatic carbocycles. The highest BCUT2D eigenvalue weighted by Gasteiger charge is 2.30. The van der Waals surface area contributed by atoms with Crippen molar-refractivity contribution < 1.29 is 17.4 Å². The SMILES string of the molecule is CCN1C(=O)/C(=C/c2ccc(OS(=O)(=O)c3ccc(C)cc3)cc2)SC1=S. The molecule has 1 aliphatic rings. The van der Waals surface area contributed by atoms with E-state index in [9.17, 15) is 13.2 Å². The van der Waals surface area contributed by atoms with Crippen molar-refractivity contribution in [2.75, 3.05) is 6.54 Å². The molecule has 1 heterocycles. The Balaban J connectivity index is 1.76. The molecule has 140 valence electrons. The summed E-state index contributed by atoms with van der Waals surface area (Å²) in [7, 11) is -3.89. The summed E-state index contributed by atoms with van der Waals surface area (Å²) in [6.45, 7) is 4.28. The Bertz CT molecular complexity index is 1010. The predicted molar refractivity (Wildman–Crippen MR) is 111 cm³/mol. The van der Waals surface area contributed by atoms with Crippen molar-refractivity contribution >= 4 is 50.4 Å². The van der Waals surface area contributed by atoms with Gasteiger partial charge in [0.05, 0.1) is 4.91 Å². The summed E-state index contributed by atoms with van der Waals surface area (Å²) < 4.78 is 30.4. The van der Waals surface area contributed by atoms with Crippen LogP contribution in [0.25, 0.3) is 6.08 Å². The molecule has 0 spiro atoms. The number of thiocarbonyl (C=S) groups is 1. The van der Waals surface area contributed by atoms with E-state index in [0.29, 0.717) is 15.8 Å². The zero-order valence-electron chi connectivity index (χ0n) is 14.7. The Hall–Kier alpha value is -2.16. The van der Waals surface area contributed by atoms with Crippen LogP contribution >= 0.6 is 24.0 Å². The number of carbonyl (C=O) groups is 1. The molecule has 0 saturated carbocycles. The largest absolute Gasteiger partial charge is 0.379 e. The molecule has 27 heavy (non-hydrogen) atoms. The zero-order valence-corrected chi connectivity index (χ0v) is 17.2. The Morgan fingerprint density at radius 2 is 1.74 bits per heavy atom. The summed E-state index contributed by atoms with van der Waals surface area (Å²) >= 11 is 6.44. The van der Waals surface area contributed by atoms with E-state index in [1.54, 1.807) is 42.5 Å². The standard InChI is InChI=1S/C19H17NO4S3/c1-3-20-18(21)17(26-19(20)25)12-14-6-8-15(9-7-14)24-27(22,23)16-10-4-13(2)5-11-16/h4-12H,3H2,1-2H3/b17-12-. The van der Waals surface area contributed by atoms with Crippen molar-refractivity contribution in [2.24, 2.45) is 0 Å². The van der Waals surface area contributed by atoms with Crippen molar-refractivity contribution in [1.82, 2.24) is 4.90 Å². The smallest absolute Gasteiger partial charge is 0.339 e. The van der Waals surface area contributed by atoms with Crippen LogP contribution in [0.3, 0.4) is 0 Å². The van der Waals surface area contributed by atoms with E-state index in [4.69, 9.17) is 16.4 Å². The lowest BCUT2D eigenvalue weighted by Crippen LogP contribution is -2.27. The second-order valence-electron chi connectivity index (χ2n) is 5.85. The van der Waals surface area contributed by atoms with E-state index in [-0.39, 0.29) is 16.6 Å². The van der Waals surface area contributed by atoms with Crippen LogP contribution < -0.4 is 4.18 Å². The molecule has 1 amide bonds. The molecule has 3 rings (SSSR count). The Kier molecular flexibility index (Phi) is 5.69. The van der Waals surface area contributed by atoms with Crippen molar-refractivity contribution in [3.05, 3.63) is 64.6 Å². The van der Waals surface area contributed by atoms with Crippen LogP contribution in [0.15, 0.2) is 58.3 Å². The molecule has 0 aromatic heterocycles. The number of amides is 1. The van der Waals surface area contributed by atoms with Crippen LogP contribution in [0.1, 0.15) is 18.1 Å². The van der Waals surface area contributed by atoms with E-state index in [1.807, 2.05) is 13.8 Å². The van der Waals surface area contributed by atoms with Gasteiger partial charge in [-0.1, -0.05) is 53.8 Å². The molecule has 2 aromatic rings. The number of nitrogens with zero attached hydrogens (tertiary/aromatic N) is 1. The molecule has 5 nitrogen and oxygen atoms in total. The number of rotatable bonds is 5. The van der Waals surface area contributed by atoms with Crippen LogP contribution in [0, 0.1) is 6.92 Å². The minimum atomic E-state index is -3.89. The summed E-state index contributed by atoms with van der Waals surface area (Å²) in [6.07, 6.45) is 1.73. The molecule has 0 aliphatic carbocycles. The van der Waals surface area contributed by atoms with Gasteiger partial charge in [0, 0.05) is 6.54 Å². The minimum Gasteiger partial charge on any atom is -0.379 e. The zero-order chi connectivity index (χ0) is 19.6. The molecular formula is C19H17NO4S3. The van der Waals surface area contributed by atoms with E-state index < -0.39 is 10.1 Å². The second-order valence-corrected chi connectivity index (χ2v) is 9.07. The van der Waals surface area contributed by atoms with Gasteiger partial charge in [0.15, 0.2) is 0 Å². The molecule has 0 bridgehead atoms. The van der Waals surface area contributed by atoms with Gasteiger partial charge in [-0.2, -0.15) is 8.42 Å². The van der Waals surface area contributed by atoms with Crippen LogP contribution in [-0.2, 0) is 14.9 Å². The maximum Gasteiger partial charge on any atom is 0.339 e. The van der Waals surface area contributed by atoms with E-state index in [2.05, 4.69) is 0 Å². The fraction of sp³-hybridized carbons (Fsp3) is 0.158. The number of likely N-dealkylation sites (N-methyl/N-ethyl adjacent to an activating group) is 1. The van der Waals surface area contributed by atoms with Gasteiger partial charge in [0.2, 0.25) is 0 Å². The number of hydrogen-bond acceptors (Lipinski definition) is 6. The monoisotopic (exact) mass is 419 g/mol. The van der Waals surface area contributed by atoms with Crippen molar-refractivity contribution in [2.45, 2.75) is 18.7 Å². The normalized spacial score (nSPS) is 16.2.